The van der Waals surface area contributed by atoms with Gasteiger partial charge in [0.1, 0.15) is 11.5 Å². The minimum absolute atomic E-state index is 0.279. The van der Waals surface area contributed by atoms with E-state index < -0.39 is 0 Å². The van der Waals surface area contributed by atoms with Crippen LogP contribution in [0.4, 0.5) is 11.4 Å². The van der Waals surface area contributed by atoms with Crippen LogP contribution in [-0.2, 0) is 12.8 Å². The van der Waals surface area contributed by atoms with Crippen molar-refractivity contribution in [3.8, 4) is 11.5 Å². The molecular weight excluding hydrogens is 572 g/mol. The summed E-state index contributed by atoms with van der Waals surface area (Å²) in [5.74, 6) is 0.486. The zero-order valence-electron chi connectivity index (χ0n) is 25.3. The van der Waals surface area contributed by atoms with E-state index in [0.29, 0.717) is 47.2 Å². The van der Waals surface area contributed by atoms with E-state index >= 15 is 0 Å². The minimum atomic E-state index is -0.279. The topological polar surface area (TPSA) is 76.7 Å². The molecule has 0 saturated carbocycles. The van der Waals surface area contributed by atoms with Crippen LogP contribution in [0.5, 0.6) is 11.5 Å². The fraction of sp³-hybridized carbons (Fsp3) is 0.100. The van der Waals surface area contributed by atoms with Crippen molar-refractivity contribution in [1.29, 1.82) is 0 Å². The van der Waals surface area contributed by atoms with Crippen LogP contribution in [0, 0.1) is 0 Å². The molecule has 0 bridgehead atoms. The quantitative estimate of drug-likeness (QED) is 0.146. The highest BCUT2D eigenvalue weighted by molar-refractivity contribution is 6.15. The fourth-order valence-corrected chi connectivity index (χ4v) is 5.31. The van der Waals surface area contributed by atoms with Gasteiger partial charge in [0.05, 0.1) is 24.3 Å². The first-order valence-corrected chi connectivity index (χ1v) is 15.3. The van der Waals surface area contributed by atoms with Gasteiger partial charge in [0.2, 0.25) is 0 Å². The molecule has 228 valence electrons. The maximum absolute atomic E-state index is 13.5. The van der Waals surface area contributed by atoms with E-state index in [1.165, 1.54) is 11.1 Å². The number of amides is 2. The molecule has 0 spiro atoms. The zero-order valence-corrected chi connectivity index (χ0v) is 25.3. The van der Waals surface area contributed by atoms with Crippen LogP contribution < -0.4 is 20.1 Å². The van der Waals surface area contributed by atoms with Crippen LogP contribution in [0.1, 0.15) is 31.8 Å². The molecule has 46 heavy (non-hydrogen) atoms. The Bertz CT molecular complexity index is 1800. The summed E-state index contributed by atoms with van der Waals surface area (Å²) < 4.78 is 12.1. The van der Waals surface area contributed by atoms with Crippen LogP contribution in [0.15, 0.2) is 146 Å². The van der Waals surface area contributed by atoms with Crippen LogP contribution in [-0.4, -0.2) is 25.0 Å². The first-order chi connectivity index (χ1) is 22.7. The van der Waals surface area contributed by atoms with E-state index in [1.54, 1.807) is 24.3 Å². The van der Waals surface area contributed by atoms with Crippen molar-refractivity contribution in [2.45, 2.75) is 12.8 Å². The summed E-state index contributed by atoms with van der Waals surface area (Å²) in [4.78, 5) is 27.0. The number of para-hydroxylation sites is 2. The summed E-state index contributed by atoms with van der Waals surface area (Å²) in [7, 11) is 0. The highest BCUT2D eigenvalue weighted by Gasteiger charge is 2.17. The van der Waals surface area contributed by atoms with E-state index in [1.807, 2.05) is 97.1 Å². The van der Waals surface area contributed by atoms with Gasteiger partial charge in [0.15, 0.2) is 0 Å². The van der Waals surface area contributed by atoms with Gasteiger partial charge < -0.3 is 20.1 Å². The van der Waals surface area contributed by atoms with Gasteiger partial charge in [0, 0.05) is 35.0 Å². The Morgan fingerprint density at radius 3 is 1.26 bits per heavy atom. The van der Waals surface area contributed by atoms with Gasteiger partial charge in [-0.25, -0.2) is 0 Å². The molecule has 6 rings (SSSR count). The van der Waals surface area contributed by atoms with Gasteiger partial charge in [-0.05, 0) is 47.5 Å². The lowest BCUT2D eigenvalue weighted by Crippen LogP contribution is -2.15. The number of benzene rings is 6. The van der Waals surface area contributed by atoms with Crippen molar-refractivity contribution in [1.82, 2.24) is 0 Å². The molecule has 6 aromatic carbocycles. The molecule has 2 amide bonds. The zero-order chi connectivity index (χ0) is 31.6. The third kappa shape index (κ3) is 7.42. The van der Waals surface area contributed by atoms with E-state index in [9.17, 15) is 9.59 Å². The summed E-state index contributed by atoms with van der Waals surface area (Å²) in [6.45, 7) is 0.902. The highest BCUT2D eigenvalue weighted by Crippen LogP contribution is 2.31. The lowest BCUT2D eigenvalue weighted by molar-refractivity contribution is 0.101. The van der Waals surface area contributed by atoms with E-state index in [0.717, 1.165) is 23.6 Å². The normalized spacial score (nSPS) is 10.7. The number of rotatable bonds is 12. The summed E-state index contributed by atoms with van der Waals surface area (Å²) in [5, 5.41) is 7.70. The Balaban J connectivity index is 1.15. The monoisotopic (exact) mass is 606 g/mol. The molecule has 0 radical (unpaired) electrons. The molecule has 0 atom stereocenters. The molecule has 0 heterocycles. The summed E-state index contributed by atoms with van der Waals surface area (Å²) in [6, 6.07) is 45.9. The summed E-state index contributed by atoms with van der Waals surface area (Å²) >= 11 is 0. The second-order valence-corrected chi connectivity index (χ2v) is 10.8. The molecule has 6 heteroatoms. The molecule has 0 aliphatic rings. The Morgan fingerprint density at radius 2 is 0.826 bits per heavy atom. The van der Waals surface area contributed by atoms with Gasteiger partial charge in [-0.1, -0.05) is 109 Å². The molecule has 0 aromatic heterocycles. The Kier molecular flexibility index (Phi) is 9.66. The molecule has 6 aromatic rings. The van der Waals surface area contributed by atoms with Gasteiger partial charge in [0.25, 0.3) is 11.8 Å². The average molecular weight is 607 g/mol. The number of nitrogens with one attached hydrogen (secondary N) is 2. The highest BCUT2D eigenvalue weighted by atomic mass is 16.5. The van der Waals surface area contributed by atoms with E-state index in [2.05, 4.69) is 34.9 Å². The number of carbonyl (C=O) groups excluding carboxylic acids is 2. The predicted molar refractivity (Wildman–Crippen MR) is 184 cm³/mol. The maximum atomic E-state index is 13.5. The molecule has 0 aliphatic carbocycles. The lowest BCUT2D eigenvalue weighted by Gasteiger charge is -2.15. The van der Waals surface area contributed by atoms with E-state index in [4.69, 9.17) is 9.47 Å². The van der Waals surface area contributed by atoms with Gasteiger partial charge in [-0.2, -0.15) is 0 Å². The van der Waals surface area contributed by atoms with Crippen molar-refractivity contribution in [3.05, 3.63) is 168 Å². The Hall–Kier alpha value is -5.88. The molecule has 6 nitrogen and oxygen atoms in total. The number of anilines is 2. The lowest BCUT2D eigenvalue weighted by atomic mass is 10.1. The fourth-order valence-electron chi connectivity index (χ4n) is 5.31. The largest absolute Gasteiger partial charge is 0.492 e. The first-order valence-electron chi connectivity index (χ1n) is 15.3. The predicted octanol–water partition coefficient (Wildman–Crippen LogP) is 8.59. The molecule has 0 fully saturated rings. The molecule has 0 unspecified atom stereocenters. The standard InChI is InChI=1S/C40H34N2O4/c43-39(33-17-7-9-23-37(33)45-27-25-29-13-3-1-4-14-29)41-35-21-11-20-32-31(35)19-12-22-36(32)42-40(44)34-18-8-10-24-38(34)46-28-26-30-15-5-2-6-16-30/h1-24H,25-28H2,(H,41,43)(H,42,44). The average Bonchev–Trinajstić information content (AvgIpc) is 3.10. The number of hydrogen-bond donors (Lipinski definition) is 2. The number of hydrogen-bond acceptors (Lipinski definition) is 4. The summed E-state index contributed by atoms with van der Waals surface area (Å²) in [5.41, 5.74) is 4.48. The van der Waals surface area contributed by atoms with Crippen molar-refractivity contribution in [2.75, 3.05) is 23.8 Å². The van der Waals surface area contributed by atoms with Crippen LogP contribution in [0.2, 0.25) is 0 Å². The molecular formula is C40H34N2O4. The van der Waals surface area contributed by atoms with Crippen molar-refractivity contribution >= 4 is 34.0 Å². The van der Waals surface area contributed by atoms with Crippen molar-refractivity contribution in [3.63, 3.8) is 0 Å². The summed E-state index contributed by atoms with van der Waals surface area (Å²) in [6.07, 6.45) is 1.47. The van der Waals surface area contributed by atoms with E-state index in [-0.39, 0.29) is 11.8 Å². The van der Waals surface area contributed by atoms with Gasteiger partial charge in [-0.3, -0.25) is 9.59 Å². The molecule has 2 N–H and O–H groups in total. The minimum Gasteiger partial charge on any atom is -0.492 e. The number of fused-ring (bicyclic) bond motifs is 1. The SMILES string of the molecule is O=C(Nc1cccc2c(NC(=O)c3ccccc3OCCc3ccccc3)cccc12)c1ccccc1OCCc1ccccc1. The second kappa shape index (κ2) is 14.7. The van der Waals surface area contributed by atoms with Crippen LogP contribution >= 0.6 is 0 Å². The Morgan fingerprint density at radius 1 is 0.435 bits per heavy atom. The van der Waals surface area contributed by atoms with Gasteiger partial charge >= 0.3 is 0 Å². The van der Waals surface area contributed by atoms with Gasteiger partial charge in [-0.15, -0.1) is 0 Å². The first kappa shape index (κ1) is 30.2. The maximum Gasteiger partial charge on any atom is 0.259 e. The third-order valence-corrected chi connectivity index (χ3v) is 7.66. The third-order valence-electron chi connectivity index (χ3n) is 7.66. The number of ether oxygens (including phenoxy) is 2. The smallest absolute Gasteiger partial charge is 0.259 e. The van der Waals surface area contributed by atoms with Crippen LogP contribution in [0.25, 0.3) is 10.8 Å². The van der Waals surface area contributed by atoms with Crippen LogP contribution in [0.3, 0.4) is 0 Å². The Labute approximate surface area is 268 Å². The molecule has 0 saturated heterocycles. The van der Waals surface area contributed by atoms with Crippen molar-refractivity contribution < 1.29 is 19.1 Å². The molecule has 0 aliphatic heterocycles. The van der Waals surface area contributed by atoms with Crippen molar-refractivity contribution in [2.24, 2.45) is 0 Å². The number of carbonyl (C=O) groups is 2. The second-order valence-electron chi connectivity index (χ2n) is 10.8.